The third-order valence-electron chi connectivity index (χ3n) is 4.17. The maximum absolute atomic E-state index is 12.4. The Morgan fingerprint density at radius 1 is 1.23 bits per heavy atom. The highest BCUT2D eigenvalue weighted by atomic mass is 35.5. The van der Waals surface area contributed by atoms with Gasteiger partial charge in [0.25, 0.3) is 0 Å². The quantitative estimate of drug-likeness (QED) is 0.876. The molecule has 0 bridgehead atoms. The predicted octanol–water partition coefficient (Wildman–Crippen LogP) is 3.60. The van der Waals surface area contributed by atoms with Gasteiger partial charge in [-0.05, 0) is 43.5 Å². The maximum atomic E-state index is 12.4. The summed E-state index contributed by atoms with van der Waals surface area (Å²) in [5.41, 5.74) is 8.30. The van der Waals surface area contributed by atoms with Crippen LogP contribution in [0, 0.1) is 6.92 Å². The lowest BCUT2D eigenvalue weighted by Gasteiger charge is -2.22. The second-order valence-electron chi connectivity index (χ2n) is 5.65. The Morgan fingerprint density at radius 3 is 2.59 bits per heavy atom. The zero-order valence-electron chi connectivity index (χ0n) is 12.5. The topological polar surface area (TPSA) is 68.0 Å². The number of pyridine rings is 1. The summed E-state index contributed by atoms with van der Waals surface area (Å²) in [4.78, 5) is 16.8. The van der Waals surface area contributed by atoms with Crippen LogP contribution in [-0.2, 0) is 4.79 Å². The van der Waals surface area contributed by atoms with Crippen molar-refractivity contribution in [1.82, 2.24) is 4.98 Å². The largest absolute Gasteiger partial charge is 0.324 e. The number of anilines is 1. The van der Waals surface area contributed by atoms with Crippen molar-refractivity contribution in [2.75, 3.05) is 5.32 Å². The number of hydrogen-bond donors (Lipinski definition) is 2. The molecule has 1 aromatic carbocycles. The molecule has 0 saturated heterocycles. The summed E-state index contributed by atoms with van der Waals surface area (Å²) in [5, 5.41) is 3.95. The Bertz CT molecular complexity index is 669. The van der Waals surface area contributed by atoms with Crippen LogP contribution in [0.2, 0.25) is 0 Å². The maximum Gasteiger partial charge on any atom is 0.244 e. The van der Waals surface area contributed by atoms with E-state index in [-0.39, 0.29) is 30.7 Å². The van der Waals surface area contributed by atoms with Gasteiger partial charge >= 0.3 is 0 Å². The van der Waals surface area contributed by atoms with Crippen molar-refractivity contribution in [1.29, 1.82) is 0 Å². The molecule has 2 aromatic rings. The summed E-state index contributed by atoms with van der Waals surface area (Å²) in [6.07, 6.45) is 5.35. The first-order chi connectivity index (χ1) is 9.60. The average Bonchev–Trinajstić information content (AvgIpc) is 2.90. The molecule has 1 saturated carbocycles. The number of fused-ring (bicyclic) bond motifs is 1. The normalized spacial score (nSPS) is 15.7. The fraction of sp³-hybridized carbons (Fsp3) is 0.375. The molecule has 1 aromatic heterocycles. The summed E-state index contributed by atoms with van der Waals surface area (Å²) < 4.78 is 0. The van der Waals surface area contributed by atoms with Gasteiger partial charge in [0.05, 0.1) is 16.7 Å². The number of aromatic nitrogens is 1. The van der Waals surface area contributed by atoms with Crippen LogP contribution in [0.4, 0.5) is 5.69 Å². The number of hydrogen-bond acceptors (Lipinski definition) is 3. The van der Waals surface area contributed by atoms with Crippen LogP contribution in [0.25, 0.3) is 10.9 Å². The number of aryl methyl sites for hydroxylation is 1. The smallest absolute Gasteiger partial charge is 0.244 e. The van der Waals surface area contributed by atoms with Crippen LogP contribution in [0.5, 0.6) is 0 Å². The summed E-state index contributed by atoms with van der Waals surface area (Å²) >= 11 is 0. The second-order valence-corrected chi connectivity index (χ2v) is 5.65. The van der Waals surface area contributed by atoms with Gasteiger partial charge < -0.3 is 11.1 Å². The van der Waals surface area contributed by atoms with Crippen molar-refractivity contribution in [2.24, 2.45) is 5.73 Å². The zero-order valence-corrected chi connectivity index (χ0v) is 14.1. The molecule has 3 rings (SSSR count). The minimum atomic E-state index is -0.709. The zero-order chi connectivity index (χ0) is 14.2. The van der Waals surface area contributed by atoms with Gasteiger partial charge in [-0.25, -0.2) is 0 Å². The molecule has 0 atom stereocenters. The fourth-order valence-corrected chi connectivity index (χ4v) is 2.90. The first-order valence-corrected chi connectivity index (χ1v) is 7.05. The van der Waals surface area contributed by atoms with Crippen LogP contribution < -0.4 is 11.1 Å². The van der Waals surface area contributed by atoms with Crippen LogP contribution in [0.1, 0.15) is 31.2 Å². The summed E-state index contributed by atoms with van der Waals surface area (Å²) in [6, 6.07) is 7.76. The number of carbonyl (C=O) groups excluding carboxylic acids is 1. The van der Waals surface area contributed by atoms with Gasteiger partial charge in [-0.3, -0.25) is 9.78 Å². The highest BCUT2D eigenvalue weighted by molar-refractivity contribution is 6.05. The second kappa shape index (κ2) is 7.27. The molecule has 3 N–H and O–H groups in total. The molecule has 1 aliphatic carbocycles. The molecule has 1 heterocycles. The van der Waals surface area contributed by atoms with Crippen molar-refractivity contribution in [2.45, 2.75) is 38.1 Å². The standard InChI is InChI=1S/C16H19N3O.2ClH/c1-11-6-7-13(12-5-4-10-18-14(11)12)19-15(20)16(17)8-2-3-9-16;;/h4-7,10H,2-3,8-9,17H2,1H3,(H,19,20);2*1H. The average molecular weight is 342 g/mol. The molecular formula is C16H21Cl2N3O. The van der Waals surface area contributed by atoms with Gasteiger partial charge in [0, 0.05) is 11.6 Å². The molecule has 0 unspecified atom stereocenters. The van der Waals surface area contributed by atoms with E-state index in [1.807, 2.05) is 31.2 Å². The predicted molar refractivity (Wildman–Crippen MR) is 95.0 cm³/mol. The van der Waals surface area contributed by atoms with Crippen molar-refractivity contribution in [3.05, 3.63) is 36.0 Å². The van der Waals surface area contributed by atoms with E-state index in [1.54, 1.807) is 6.20 Å². The van der Waals surface area contributed by atoms with E-state index in [4.69, 9.17) is 5.73 Å². The van der Waals surface area contributed by atoms with Gasteiger partial charge in [-0.1, -0.05) is 18.9 Å². The van der Waals surface area contributed by atoms with Gasteiger partial charge in [-0.2, -0.15) is 0 Å². The summed E-state index contributed by atoms with van der Waals surface area (Å²) in [5.74, 6) is -0.0796. The van der Waals surface area contributed by atoms with E-state index in [2.05, 4.69) is 10.3 Å². The molecule has 1 fully saturated rings. The molecule has 0 spiro atoms. The molecule has 1 amide bonds. The third-order valence-corrected chi connectivity index (χ3v) is 4.17. The lowest BCUT2D eigenvalue weighted by atomic mass is 9.97. The van der Waals surface area contributed by atoms with Gasteiger partial charge in [0.15, 0.2) is 0 Å². The lowest BCUT2D eigenvalue weighted by Crippen LogP contribution is -2.48. The Balaban J connectivity index is 0.00000121. The molecule has 4 nitrogen and oxygen atoms in total. The summed E-state index contributed by atoms with van der Waals surface area (Å²) in [7, 11) is 0. The Hall–Kier alpha value is -1.36. The monoisotopic (exact) mass is 341 g/mol. The van der Waals surface area contributed by atoms with Crippen LogP contribution >= 0.6 is 24.8 Å². The van der Waals surface area contributed by atoms with Crippen LogP contribution in [-0.4, -0.2) is 16.4 Å². The van der Waals surface area contributed by atoms with E-state index >= 15 is 0 Å². The number of nitrogens with zero attached hydrogens (tertiary/aromatic N) is 1. The molecule has 120 valence electrons. The number of halogens is 2. The number of amides is 1. The Morgan fingerprint density at radius 2 is 1.91 bits per heavy atom. The van der Waals surface area contributed by atoms with E-state index in [9.17, 15) is 4.79 Å². The van der Waals surface area contributed by atoms with Crippen molar-refractivity contribution in [3.63, 3.8) is 0 Å². The van der Waals surface area contributed by atoms with Gasteiger partial charge in [-0.15, -0.1) is 24.8 Å². The number of nitrogens with two attached hydrogens (primary N) is 1. The van der Waals surface area contributed by atoms with Gasteiger partial charge in [0.1, 0.15) is 0 Å². The molecule has 6 heteroatoms. The number of rotatable bonds is 2. The van der Waals surface area contributed by atoms with E-state index in [1.165, 1.54) is 0 Å². The van der Waals surface area contributed by atoms with Gasteiger partial charge in [0.2, 0.25) is 5.91 Å². The first-order valence-electron chi connectivity index (χ1n) is 7.05. The Labute approximate surface area is 142 Å². The number of benzene rings is 1. The number of nitrogens with one attached hydrogen (secondary N) is 1. The SMILES string of the molecule is Cc1ccc(NC(=O)C2(N)CCCC2)c2cccnc12.Cl.Cl. The highest BCUT2D eigenvalue weighted by Gasteiger charge is 2.37. The molecule has 1 aliphatic rings. The van der Waals surface area contributed by atoms with Crippen molar-refractivity contribution < 1.29 is 4.79 Å². The van der Waals surface area contributed by atoms with E-state index in [0.717, 1.165) is 47.8 Å². The molecule has 0 aliphatic heterocycles. The van der Waals surface area contributed by atoms with E-state index < -0.39 is 5.54 Å². The fourth-order valence-electron chi connectivity index (χ4n) is 2.90. The minimum absolute atomic E-state index is 0. The van der Waals surface area contributed by atoms with Crippen LogP contribution in [0.3, 0.4) is 0 Å². The molecular weight excluding hydrogens is 321 g/mol. The highest BCUT2D eigenvalue weighted by Crippen LogP contribution is 2.30. The lowest BCUT2D eigenvalue weighted by molar-refractivity contribution is -0.120. The minimum Gasteiger partial charge on any atom is -0.324 e. The number of carbonyl (C=O) groups is 1. The van der Waals surface area contributed by atoms with Crippen molar-refractivity contribution in [3.8, 4) is 0 Å². The Kier molecular flexibility index (Phi) is 6.17. The van der Waals surface area contributed by atoms with Crippen LogP contribution in [0.15, 0.2) is 30.5 Å². The van der Waals surface area contributed by atoms with Crippen molar-refractivity contribution >= 4 is 47.3 Å². The molecule has 22 heavy (non-hydrogen) atoms. The molecule has 0 radical (unpaired) electrons. The first kappa shape index (κ1) is 18.7. The van der Waals surface area contributed by atoms with E-state index in [0.29, 0.717) is 0 Å². The third kappa shape index (κ3) is 3.35. The summed E-state index contributed by atoms with van der Waals surface area (Å²) in [6.45, 7) is 2.02.